The number of hydrogen-bond acceptors (Lipinski definition) is 4. The zero-order valence-electron chi connectivity index (χ0n) is 65.4. The van der Waals surface area contributed by atoms with Gasteiger partial charge in [0, 0.05) is 79.5 Å². The minimum absolute atomic E-state index is 0.287. The number of fused-ring (bicyclic) bond motifs is 20. The van der Waals surface area contributed by atoms with Crippen LogP contribution in [0.1, 0.15) is 0 Å². The Kier molecular flexibility index (Phi) is 15.3. The molecule has 1 N–H and O–H groups in total. The lowest BCUT2D eigenvalue weighted by Crippen LogP contribution is -2.66. The molecule has 7 heteroatoms. The Balaban J connectivity index is 0.822. The molecule has 1 aromatic heterocycles. The topological polar surface area (TPSA) is 25.6 Å². The molecule has 120 heavy (non-hydrogen) atoms. The highest BCUT2D eigenvalue weighted by Crippen LogP contribution is 2.55. The molecule has 554 valence electrons. The first-order valence-corrected chi connectivity index (χ1v) is 41.7. The number of aromatic nitrogens is 1. The van der Waals surface area contributed by atoms with E-state index in [2.05, 4.69) is 455 Å². The Morgan fingerprint density at radius 2 is 0.567 bits per heavy atom. The van der Waals surface area contributed by atoms with Gasteiger partial charge in [0.05, 0.1) is 17.1 Å². The zero-order valence-corrected chi connectivity index (χ0v) is 65.4. The maximum absolute atomic E-state index is 4.58. The first-order valence-electron chi connectivity index (χ1n) is 41.7. The largest absolute Gasteiger partial charge is 0.311 e. The van der Waals surface area contributed by atoms with Crippen LogP contribution in [0.5, 0.6) is 0 Å². The van der Waals surface area contributed by atoms with Crippen LogP contribution in [-0.4, -0.2) is 13.4 Å². The summed E-state index contributed by atoms with van der Waals surface area (Å²) in [4.78, 5) is 7.95. The fourth-order valence-electron chi connectivity index (χ4n) is 20.9. The molecule has 0 unspecified atom stereocenters. The van der Waals surface area contributed by atoms with Crippen molar-refractivity contribution in [2.24, 2.45) is 0 Å². The van der Waals surface area contributed by atoms with Crippen molar-refractivity contribution in [1.29, 1.82) is 0 Å². The first kappa shape index (κ1) is 67.7. The summed E-state index contributed by atoms with van der Waals surface area (Å²) in [5, 5.41) is 19.3. The van der Waals surface area contributed by atoms with Crippen LogP contribution in [-0.2, 0) is 0 Å². The first-order chi connectivity index (χ1) is 59.6. The predicted molar refractivity (Wildman–Crippen MR) is 509 cm³/mol. The van der Waals surface area contributed by atoms with Gasteiger partial charge in [0.25, 0.3) is 19.2 Å². The van der Waals surface area contributed by atoms with E-state index in [1.165, 1.54) is 97.4 Å². The predicted octanol–water partition coefficient (Wildman–Crippen LogP) is 25.3. The van der Waals surface area contributed by atoms with Crippen molar-refractivity contribution in [1.82, 2.24) is 0 Å². The third-order valence-electron chi connectivity index (χ3n) is 26.0. The Morgan fingerprint density at radius 1 is 0.208 bits per heavy atom. The van der Waals surface area contributed by atoms with Crippen LogP contribution < -0.4 is 57.4 Å². The molecule has 5 heterocycles. The number of rotatable bonds is 10. The summed E-state index contributed by atoms with van der Waals surface area (Å²) in [6, 6.07) is 162. The third kappa shape index (κ3) is 10.3. The van der Waals surface area contributed by atoms with E-state index >= 15 is 0 Å². The van der Waals surface area contributed by atoms with Gasteiger partial charge in [0.1, 0.15) is 17.1 Å². The van der Waals surface area contributed by atoms with Crippen molar-refractivity contribution in [3.05, 3.63) is 431 Å². The van der Waals surface area contributed by atoms with Gasteiger partial charge in [-0.25, -0.2) is 5.32 Å². The van der Waals surface area contributed by atoms with Gasteiger partial charge in [-0.2, -0.15) is 4.57 Å². The van der Waals surface area contributed by atoms with E-state index in [-0.39, 0.29) is 13.4 Å². The van der Waals surface area contributed by atoms with Gasteiger partial charge in [0.15, 0.2) is 0 Å². The van der Waals surface area contributed by atoms with E-state index in [1.54, 1.807) is 0 Å². The molecule has 20 aromatic carbocycles. The minimum atomic E-state index is -0.302. The van der Waals surface area contributed by atoms with Crippen LogP contribution in [0.3, 0.4) is 0 Å². The quantitative estimate of drug-likeness (QED) is 0.0838. The minimum Gasteiger partial charge on any atom is -0.311 e. The molecule has 4 aliphatic rings. The lowest BCUT2D eigenvalue weighted by molar-refractivity contribution is -0.567. The molecule has 0 saturated heterocycles. The van der Waals surface area contributed by atoms with Crippen molar-refractivity contribution >= 4 is 174 Å². The summed E-state index contributed by atoms with van der Waals surface area (Å²) >= 11 is 0. The lowest BCUT2D eigenvalue weighted by atomic mass is 9.30. The van der Waals surface area contributed by atoms with Crippen LogP contribution >= 0.6 is 0 Å². The number of anilines is 11. The highest BCUT2D eigenvalue weighted by Gasteiger charge is 2.51. The number of para-hydroxylation sites is 4. The van der Waals surface area contributed by atoms with Gasteiger partial charge in [-0.1, -0.05) is 364 Å². The normalized spacial score (nSPS) is 12.8. The molecule has 0 bridgehead atoms. The number of pyridine rings is 1. The molecule has 21 aromatic rings. The Bertz CT molecular complexity index is 7650. The van der Waals surface area contributed by atoms with Crippen LogP contribution in [0.15, 0.2) is 431 Å². The summed E-state index contributed by atoms with van der Waals surface area (Å²) in [5.74, 6) is 1.00. The highest BCUT2D eigenvalue weighted by atomic mass is 15.2. The fraction of sp³-hybridized carbons (Fsp3) is 0. The van der Waals surface area contributed by atoms with Crippen molar-refractivity contribution in [3.63, 3.8) is 0 Å². The summed E-state index contributed by atoms with van der Waals surface area (Å²) in [6.07, 6.45) is 0. The average molecular weight is 1520 g/mol. The van der Waals surface area contributed by atoms with Crippen LogP contribution in [0.25, 0.3) is 137 Å². The smallest absolute Gasteiger partial charge is 0.282 e. The second-order valence-electron chi connectivity index (χ2n) is 32.3. The molecule has 0 aliphatic carbocycles. The van der Waals surface area contributed by atoms with E-state index in [4.69, 9.17) is 0 Å². The summed E-state index contributed by atoms with van der Waals surface area (Å²) < 4.78 is 2.58. The molecule has 5 nitrogen and oxygen atoms in total. The van der Waals surface area contributed by atoms with Crippen molar-refractivity contribution in [3.8, 4) is 72.6 Å². The molecule has 4 aliphatic heterocycles. The van der Waals surface area contributed by atoms with E-state index < -0.39 is 0 Å². The Hall–Kier alpha value is -15.6. The number of hydrogen-bond donors (Lipinski definition) is 1. The number of benzene rings is 20. The van der Waals surface area contributed by atoms with Crippen LogP contribution in [0, 0.1) is 0 Å². The highest BCUT2D eigenvalue weighted by molar-refractivity contribution is 7.03. The monoisotopic (exact) mass is 1520 g/mol. The maximum Gasteiger partial charge on any atom is 0.282 e. The lowest BCUT2D eigenvalue weighted by Gasteiger charge is -2.46. The molecular formula is C113H72B2N5+. The van der Waals surface area contributed by atoms with E-state index in [1.807, 2.05) is 0 Å². The molecule has 0 spiro atoms. The SMILES string of the molecule is c1ccc(-c2cc3c4c(c2)N(c2c(-c5ccccc5)cccc2-c2ccccc2)c2cc5c(cc2B4c2ccccc2N3c2c(-c3ccccc3)cccc2-c2ccccc2)B2c3ccccc3N(c3ccc4c6ccccc6c6ccccc6c4c3)c3cc(-c4ccccc4)[n+](-c4ccc6c7ccccc7c7ccccc7c6c4)c(c32)N5)cc1. The second kappa shape index (κ2) is 27.0. The van der Waals surface area contributed by atoms with E-state index in [0.717, 1.165) is 135 Å². The Morgan fingerprint density at radius 3 is 1.03 bits per heavy atom. The number of nitrogens with zero attached hydrogens (tertiary/aromatic N) is 4. The molecule has 0 atom stereocenters. The maximum atomic E-state index is 4.58. The van der Waals surface area contributed by atoms with Crippen molar-refractivity contribution in [2.45, 2.75) is 0 Å². The zero-order chi connectivity index (χ0) is 78.6. The van der Waals surface area contributed by atoms with E-state index in [0.29, 0.717) is 0 Å². The summed E-state index contributed by atoms with van der Waals surface area (Å²) in [6.45, 7) is -0.589. The number of nitrogens with one attached hydrogen (secondary N) is 1. The molecule has 0 fully saturated rings. The van der Waals surface area contributed by atoms with Crippen molar-refractivity contribution < 1.29 is 4.57 Å². The average Bonchev–Trinajstić information content (AvgIpc) is 0.677. The molecule has 0 saturated carbocycles. The van der Waals surface area contributed by atoms with Crippen molar-refractivity contribution in [2.75, 3.05) is 20.0 Å². The fourth-order valence-corrected chi connectivity index (χ4v) is 20.9. The molecule has 25 rings (SSSR count). The van der Waals surface area contributed by atoms with Gasteiger partial charge in [-0.05, 0) is 180 Å². The van der Waals surface area contributed by atoms with Crippen LogP contribution in [0.4, 0.5) is 62.7 Å². The van der Waals surface area contributed by atoms with Gasteiger partial charge in [0.2, 0.25) is 0 Å². The molecule has 0 amide bonds. The Labute approximate surface area is 696 Å². The third-order valence-corrected chi connectivity index (χ3v) is 26.0. The van der Waals surface area contributed by atoms with Gasteiger partial charge in [-0.15, -0.1) is 0 Å². The van der Waals surface area contributed by atoms with Gasteiger partial charge in [-0.3, -0.25) is 0 Å². The second-order valence-corrected chi connectivity index (χ2v) is 32.3. The standard InChI is InChI=1S/C113H71B2N5/c1-7-33-72(34-8-1)78-65-106-109-107(66-78)120(112-83(75-39-13-4-14-40-75)55-32-56-84(112)76-41-15-5-16-42-76)105-70-101-99(69-100(105)115(109)98-58-28-30-60-103(98)119(106)111-81(73-35-9-2-10-36-73)53-31-54-82(111)74-37-11-3-12-38-74)114-97-57-27-29-59-102(97)117(79-61-63-93-89-49-21-19-45-85(89)87-47-23-25-51-91(87)95(93)67-79)108-71-104(77-43-17-6-18-44-77)118(113(116-101)110(108)114)80-62-64-94-90-50-22-20-46-86(90)88-48-24-26-52-92(88)96(94)68-80/h1-71H/p+1. The summed E-state index contributed by atoms with van der Waals surface area (Å²) in [5.41, 5.74) is 32.8. The van der Waals surface area contributed by atoms with Gasteiger partial charge < -0.3 is 14.7 Å². The van der Waals surface area contributed by atoms with Gasteiger partial charge >= 0.3 is 0 Å². The van der Waals surface area contributed by atoms with E-state index in [9.17, 15) is 0 Å². The molecular weight excluding hydrogens is 1450 g/mol. The van der Waals surface area contributed by atoms with Crippen LogP contribution in [0.2, 0.25) is 0 Å². The molecule has 0 radical (unpaired) electrons. The summed E-state index contributed by atoms with van der Waals surface area (Å²) in [7, 11) is 0.